The second kappa shape index (κ2) is 4.70. The Kier molecular flexibility index (Phi) is 2.97. The first kappa shape index (κ1) is 13.3. The van der Waals surface area contributed by atoms with Crippen LogP contribution in [-0.4, -0.2) is 20.6 Å². The van der Waals surface area contributed by atoms with Crippen LogP contribution in [-0.2, 0) is 7.05 Å². The van der Waals surface area contributed by atoms with Crippen molar-refractivity contribution in [3.05, 3.63) is 53.3 Å². The number of aromatic carboxylic acids is 1. The van der Waals surface area contributed by atoms with Gasteiger partial charge >= 0.3 is 5.97 Å². The predicted molar refractivity (Wildman–Crippen MR) is 77.8 cm³/mol. The van der Waals surface area contributed by atoms with E-state index >= 15 is 0 Å². The number of hydrogen-bond acceptors (Lipinski definition) is 2. The van der Waals surface area contributed by atoms with Gasteiger partial charge in [-0.05, 0) is 42.8 Å². The van der Waals surface area contributed by atoms with Crippen LogP contribution < -0.4 is 0 Å². The summed E-state index contributed by atoms with van der Waals surface area (Å²) >= 11 is 0. The number of carboxylic acids is 1. The summed E-state index contributed by atoms with van der Waals surface area (Å²) in [6, 6.07) is 9.65. The van der Waals surface area contributed by atoms with Crippen LogP contribution in [0.5, 0.6) is 0 Å². The maximum absolute atomic E-state index is 14.1. The molecule has 106 valence electrons. The fourth-order valence-corrected chi connectivity index (χ4v) is 2.38. The average molecular weight is 284 g/mol. The molecule has 0 fully saturated rings. The summed E-state index contributed by atoms with van der Waals surface area (Å²) in [6.45, 7) is 1.82. The van der Waals surface area contributed by atoms with Gasteiger partial charge in [-0.25, -0.2) is 14.2 Å². The number of aryl methyl sites for hydroxylation is 2. The molecule has 5 heteroatoms. The van der Waals surface area contributed by atoms with Gasteiger partial charge in [0.15, 0.2) is 0 Å². The van der Waals surface area contributed by atoms with Crippen LogP contribution in [0.1, 0.15) is 15.9 Å². The van der Waals surface area contributed by atoms with Crippen molar-refractivity contribution in [3.8, 4) is 11.4 Å². The third kappa shape index (κ3) is 2.16. The molecular weight excluding hydrogens is 271 g/mol. The third-order valence-corrected chi connectivity index (χ3v) is 3.49. The predicted octanol–water partition coefficient (Wildman–Crippen LogP) is 3.39. The van der Waals surface area contributed by atoms with E-state index in [4.69, 9.17) is 5.11 Å². The SMILES string of the molecule is Cc1ccc(-c2nc3cc(C(=O)O)ccc3n2C)c(F)c1. The summed E-state index contributed by atoms with van der Waals surface area (Å²) in [7, 11) is 1.78. The van der Waals surface area contributed by atoms with Gasteiger partial charge in [0.05, 0.1) is 22.2 Å². The maximum Gasteiger partial charge on any atom is 0.335 e. The molecule has 3 rings (SSSR count). The van der Waals surface area contributed by atoms with E-state index in [9.17, 15) is 9.18 Å². The maximum atomic E-state index is 14.1. The molecule has 21 heavy (non-hydrogen) atoms. The standard InChI is InChI=1S/C16H13FN2O2/c1-9-3-5-11(12(17)7-9)15-18-13-8-10(16(20)21)4-6-14(13)19(15)2/h3-8H,1-2H3,(H,20,21). The zero-order valence-electron chi connectivity index (χ0n) is 11.6. The number of imidazole rings is 1. The number of hydrogen-bond donors (Lipinski definition) is 1. The highest BCUT2D eigenvalue weighted by molar-refractivity contribution is 5.93. The molecule has 0 unspecified atom stereocenters. The zero-order valence-corrected chi connectivity index (χ0v) is 11.6. The molecule has 0 amide bonds. The van der Waals surface area contributed by atoms with Crippen molar-refractivity contribution in [2.45, 2.75) is 6.92 Å². The molecule has 0 saturated carbocycles. The molecule has 0 aliphatic rings. The summed E-state index contributed by atoms with van der Waals surface area (Å²) in [6.07, 6.45) is 0. The Morgan fingerprint density at radius 1 is 1.24 bits per heavy atom. The lowest BCUT2D eigenvalue weighted by atomic mass is 10.1. The molecule has 1 N–H and O–H groups in total. The molecule has 0 aliphatic carbocycles. The van der Waals surface area contributed by atoms with Crippen molar-refractivity contribution in [2.75, 3.05) is 0 Å². The van der Waals surface area contributed by atoms with Gasteiger partial charge in [0, 0.05) is 7.05 Å². The molecule has 1 heterocycles. The van der Waals surface area contributed by atoms with E-state index in [2.05, 4.69) is 4.98 Å². The Bertz CT molecular complexity index is 868. The molecule has 1 aromatic heterocycles. The Morgan fingerprint density at radius 2 is 2.00 bits per heavy atom. The zero-order chi connectivity index (χ0) is 15.1. The van der Waals surface area contributed by atoms with Crippen molar-refractivity contribution in [2.24, 2.45) is 7.05 Å². The van der Waals surface area contributed by atoms with E-state index in [0.29, 0.717) is 16.9 Å². The lowest BCUT2D eigenvalue weighted by Gasteiger charge is -2.04. The van der Waals surface area contributed by atoms with Gasteiger partial charge in [0.25, 0.3) is 0 Å². The second-order valence-electron chi connectivity index (χ2n) is 4.99. The van der Waals surface area contributed by atoms with Gasteiger partial charge < -0.3 is 9.67 Å². The molecule has 0 saturated heterocycles. The number of carbonyl (C=O) groups is 1. The lowest BCUT2D eigenvalue weighted by molar-refractivity contribution is 0.0697. The van der Waals surface area contributed by atoms with Gasteiger partial charge in [-0.3, -0.25) is 0 Å². The summed E-state index contributed by atoms with van der Waals surface area (Å²) in [5, 5.41) is 9.02. The summed E-state index contributed by atoms with van der Waals surface area (Å²) in [5.41, 5.74) is 2.69. The molecule has 0 bridgehead atoms. The van der Waals surface area contributed by atoms with Crippen LogP contribution >= 0.6 is 0 Å². The van der Waals surface area contributed by atoms with Crippen molar-refractivity contribution in [1.82, 2.24) is 9.55 Å². The van der Waals surface area contributed by atoms with Crippen molar-refractivity contribution in [3.63, 3.8) is 0 Å². The average Bonchev–Trinajstić information content (AvgIpc) is 2.75. The van der Waals surface area contributed by atoms with Gasteiger partial charge in [-0.1, -0.05) is 6.07 Å². The van der Waals surface area contributed by atoms with Crippen LogP contribution in [0, 0.1) is 12.7 Å². The van der Waals surface area contributed by atoms with E-state index in [0.717, 1.165) is 11.1 Å². The summed E-state index contributed by atoms with van der Waals surface area (Å²) < 4.78 is 15.9. The third-order valence-electron chi connectivity index (χ3n) is 3.49. The highest BCUT2D eigenvalue weighted by Gasteiger charge is 2.15. The van der Waals surface area contributed by atoms with Crippen LogP contribution in [0.25, 0.3) is 22.4 Å². The first-order chi connectivity index (χ1) is 9.97. The van der Waals surface area contributed by atoms with Crippen molar-refractivity contribution >= 4 is 17.0 Å². The second-order valence-corrected chi connectivity index (χ2v) is 4.99. The van der Waals surface area contributed by atoms with Crippen LogP contribution in [0.3, 0.4) is 0 Å². The lowest BCUT2D eigenvalue weighted by Crippen LogP contribution is -1.96. The topological polar surface area (TPSA) is 55.1 Å². The number of benzene rings is 2. The monoisotopic (exact) mass is 284 g/mol. The van der Waals surface area contributed by atoms with Crippen LogP contribution in [0.2, 0.25) is 0 Å². The molecule has 0 aliphatic heterocycles. The smallest absolute Gasteiger partial charge is 0.335 e. The molecule has 3 aromatic rings. The van der Waals surface area contributed by atoms with E-state index in [-0.39, 0.29) is 11.4 Å². The number of carboxylic acid groups (broad SMARTS) is 1. The number of nitrogens with zero attached hydrogens (tertiary/aromatic N) is 2. The minimum atomic E-state index is -1.01. The minimum Gasteiger partial charge on any atom is -0.478 e. The van der Waals surface area contributed by atoms with Gasteiger partial charge in [0.2, 0.25) is 0 Å². The summed E-state index contributed by atoms with van der Waals surface area (Å²) in [5.74, 6) is -0.873. The number of rotatable bonds is 2. The number of aromatic nitrogens is 2. The van der Waals surface area contributed by atoms with Gasteiger partial charge in [0.1, 0.15) is 11.6 Å². The van der Waals surface area contributed by atoms with Crippen molar-refractivity contribution < 1.29 is 14.3 Å². The molecule has 2 aromatic carbocycles. The van der Waals surface area contributed by atoms with E-state index in [1.807, 2.05) is 13.0 Å². The van der Waals surface area contributed by atoms with Gasteiger partial charge in [-0.15, -0.1) is 0 Å². The fourth-order valence-electron chi connectivity index (χ4n) is 2.38. The van der Waals surface area contributed by atoms with Crippen LogP contribution in [0.4, 0.5) is 4.39 Å². The first-order valence-electron chi connectivity index (χ1n) is 6.43. The highest BCUT2D eigenvalue weighted by Crippen LogP contribution is 2.27. The Labute approximate surface area is 120 Å². The molecular formula is C16H13FN2O2. The molecule has 0 radical (unpaired) electrons. The van der Waals surface area contributed by atoms with E-state index in [1.54, 1.807) is 23.7 Å². The fraction of sp³-hybridized carbons (Fsp3) is 0.125. The Morgan fingerprint density at radius 3 is 2.67 bits per heavy atom. The Hall–Kier alpha value is -2.69. The normalized spacial score (nSPS) is 11.0. The first-order valence-corrected chi connectivity index (χ1v) is 6.43. The summed E-state index contributed by atoms with van der Waals surface area (Å²) in [4.78, 5) is 15.4. The number of halogens is 1. The Balaban J connectivity index is 2.23. The minimum absolute atomic E-state index is 0.163. The van der Waals surface area contributed by atoms with E-state index in [1.165, 1.54) is 18.2 Å². The highest BCUT2D eigenvalue weighted by atomic mass is 19.1. The molecule has 4 nitrogen and oxygen atoms in total. The largest absolute Gasteiger partial charge is 0.478 e. The molecule has 0 spiro atoms. The van der Waals surface area contributed by atoms with E-state index < -0.39 is 5.97 Å². The molecule has 0 atom stereocenters. The van der Waals surface area contributed by atoms with Crippen molar-refractivity contribution in [1.29, 1.82) is 0 Å². The van der Waals surface area contributed by atoms with Crippen LogP contribution in [0.15, 0.2) is 36.4 Å². The van der Waals surface area contributed by atoms with Gasteiger partial charge in [-0.2, -0.15) is 0 Å². The quantitative estimate of drug-likeness (QED) is 0.784. The number of fused-ring (bicyclic) bond motifs is 1.